The van der Waals surface area contributed by atoms with E-state index in [2.05, 4.69) is 0 Å². The van der Waals surface area contributed by atoms with Crippen molar-refractivity contribution in [3.8, 4) is 12.1 Å². The molecule has 3 nitrogen and oxygen atoms in total. The molecular formula is C11H12N2O. The van der Waals surface area contributed by atoms with Crippen LogP contribution in [-0.4, -0.2) is 5.60 Å². The van der Waals surface area contributed by atoms with E-state index >= 15 is 0 Å². The number of hydrogen-bond donors (Lipinski definition) is 0. The van der Waals surface area contributed by atoms with Gasteiger partial charge in [0.1, 0.15) is 17.7 Å². The normalized spacial score (nSPS) is 18.6. The van der Waals surface area contributed by atoms with Crippen LogP contribution in [0.5, 0.6) is 0 Å². The Morgan fingerprint density at radius 2 is 1.71 bits per heavy atom. The number of hydrogen-bond acceptors (Lipinski definition) is 3. The lowest BCUT2D eigenvalue weighted by atomic mass is 9.97. The maximum Gasteiger partial charge on any atom is 0.171 e. The molecule has 0 N–H and O–H groups in total. The molecule has 0 aromatic heterocycles. The second kappa shape index (κ2) is 3.20. The molecule has 1 rings (SSSR count). The van der Waals surface area contributed by atoms with Crippen LogP contribution < -0.4 is 0 Å². The van der Waals surface area contributed by atoms with Gasteiger partial charge in [-0.3, -0.25) is 0 Å². The fourth-order valence-corrected chi connectivity index (χ4v) is 1.40. The smallest absolute Gasteiger partial charge is 0.171 e. The Labute approximate surface area is 83.9 Å². The average molecular weight is 188 g/mol. The van der Waals surface area contributed by atoms with Crippen LogP contribution in [0.3, 0.4) is 0 Å². The van der Waals surface area contributed by atoms with Crippen molar-refractivity contribution in [1.29, 1.82) is 10.5 Å². The van der Waals surface area contributed by atoms with Gasteiger partial charge in [0.25, 0.3) is 0 Å². The van der Waals surface area contributed by atoms with Gasteiger partial charge in [0.15, 0.2) is 11.3 Å². The van der Waals surface area contributed by atoms with Gasteiger partial charge < -0.3 is 4.74 Å². The summed E-state index contributed by atoms with van der Waals surface area (Å²) in [6.45, 7) is 7.67. The van der Waals surface area contributed by atoms with Crippen LogP contribution in [0.1, 0.15) is 27.7 Å². The highest BCUT2D eigenvalue weighted by Crippen LogP contribution is 2.38. The van der Waals surface area contributed by atoms with Crippen molar-refractivity contribution in [2.75, 3.05) is 0 Å². The molecule has 0 radical (unpaired) electrons. The summed E-state index contributed by atoms with van der Waals surface area (Å²) in [7, 11) is 0. The zero-order valence-corrected chi connectivity index (χ0v) is 8.80. The van der Waals surface area contributed by atoms with Crippen molar-refractivity contribution in [3.63, 3.8) is 0 Å². The largest absolute Gasteiger partial charge is 0.481 e. The van der Waals surface area contributed by atoms with Crippen LogP contribution in [0.15, 0.2) is 22.5 Å². The quantitative estimate of drug-likeness (QED) is 0.548. The van der Waals surface area contributed by atoms with Gasteiger partial charge in [-0.2, -0.15) is 10.5 Å². The SMILES string of the molecule is CC1=C(C)C(C)(C)OC1=C(C#N)C#N. The fraction of sp³-hybridized carbons (Fsp3) is 0.455. The lowest BCUT2D eigenvalue weighted by molar-refractivity contribution is 0.0925. The third kappa shape index (κ3) is 1.38. The van der Waals surface area contributed by atoms with Crippen molar-refractivity contribution in [1.82, 2.24) is 0 Å². The Kier molecular flexibility index (Phi) is 2.36. The van der Waals surface area contributed by atoms with Crippen LogP contribution in [-0.2, 0) is 4.74 Å². The molecule has 0 spiro atoms. The molecular weight excluding hydrogens is 176 g/mol. The summed E-state index contributed by atoms with van der Waals surface area (Å²) in [4.78, 5) is 0. The number of nitriles is 2. The van der Waals surface area contributed by atoms with Crippen molar-refractivity contribution in [3.05, 3.63) is 22.5 Å². The van der Waals surface area contributed by atoms with Gasteiger partial charge in [-0.1, -0.05) is 0 Å². The molecule has 72 valence electrons. The van der Waals surface area contributed by atoms with Gasteiger partial charge >= 0.3 is 0 Å². The minimum atomic E-state index is -0.404. The maximum absolute atomic E-state index is 8.73. The van der Waals surface area contributed by atoms with E-state index in [-0.39, 0.29) is 5.57 Å². The lowest BCUT2D eigenvalue weighted by Crippen LogP contribution is -2.20. The summed E-state index contributed by atoms with van der Waals surface area (Å²) in [5, 5.41) is 17.5. The molecule has 0 unspecified atom stereocenters. The molecule has 0 atom stereocenters. The highest BCUT2D eigenvalue weighted by atomic mass is 16.5. The van der Waals surface area contributed by atoms with Crippen LogP contribution in [0.4, 0.5) is 0 Å². The van der Waals surface area contributed by atoms with E-state index in [1.165, 1.54) is 0 Å². The minimum Gasteiger partial charge on any atom is -0.481 e. The molecule has 0 fully saturated rings. The Hall–Kier alpha value is -1.74. The maximum atomic E-state index is 8.73. The Morgan fingerprint density at radius 3 is 2.00 bits per heavy atom. The highest BCUT2D eigenvalue weighted by Gasteiger charge is 2.34. The van der Waals surface area contributed by atoms with E-state index in [1.807, 2.05) is 39.8 Å². The van der Waals surface area contributed by atoms with E-state index < -0.39 is 5.60 Å². The summed E-state index contributed by atoms with van der Waals surface area (Å²) in [5.74, 6) is 0.428. The monoisotopic (exact) mass is 188 g/mol. The van der Waals surface area contributed by atoms with Crippen molar-refractivity contribution >= 4 is 0 Å². The van der Waals surface area contributed by atoms with E-state index in [0.29, 0.717) is 5.76 Å². The molecule has 0 bridgehead atoms. The number of allylic oxidation sites excluding steroid dienone is 2. The molecule has 1 aliphatic rings. The third-order valence-electron chi connectivity index (χ3n) is 2.61. The predicted molar refractivity (Wildman–Crippen MR) is 51.8 cm³/mol. The lowest BCUT2D eigenvalue weighted by Gasteiger charge is -2.20. The summed E-state index contributed by atoms with van der Waals surface area (Å²) >= 11 is 0. The van der Waals surface area contributed by atoms with Gasteiger partial charge in [0.2, 0.25) is 0 Å². The Bertz CT molecular complexity index is 398. The predicted octanol–water partition coefficient (Wildman–Crippen LogP) is 2.43. The topological polar surface area (TPSA) is 56.8 Å². The first kappa shape index (κ1) is 10.3. The first-order valence-electron chi connectivity index (χ1n) is 4.36. The van der Waals surface area contributed by atoms with Crippen molar-refractivity contribution < 1.29 is 4.74 Å². The zero-order chi connectivity index (χ0) is 10.9. The van der Waals surface area contributed by atoms with Crippen molar-refractivity contribution in [2.24, 2.45) is 0 Å². The second-order valence-corrected chi connectivity index (χ2v) is 3.79. The molecule has 0 saturated carbocycles. The second-order valence-electron chi connectivity index (χ2n) is 3.79. The first-order chi connectivity index (χ1) is 6.44. The molecule has 0 saturated heterocycles. The fourth-order valence-electron chi connectivity index (χ4n) is 1.40. The molecule has 1 heterocycles. The average Bonchev–Trinajstić information content (AvgIpc) is 2.33. The summed E-state index contributed by atoms with van der Waals surface area (Å²) in [6, 6.07) is 3.68. The molecule has 1 aliphatic heterocycles. The molecule has 0 aromatic rings. The standard InChI is InChI=1S/C11H12N2O/c1-7-8(2)11(3,4)14-10(7)9(5-12)6-13/h1-4H3. The van der Waals surface area contributed by atoms with Gasteiger partial charge in [0.05, 0.1) is 0 Å². The van der Waals surface area contributed by atoms with E-state index in [1.54, 1.807) is 0 Å². The first-order valence-corrected chi connectivity index (χ1v) is 4.36. The number of nitrogens with zero attached hydrogens (tertiary/aromatic N) is 2. The summed E-state index contributed by atoms with van der Waals surface area (Å²) in [5.41, 5.74) is 1.61. The van der Waals surface area contributed by atoms with Gasteiger partial charge in [0, 0.05) is 0 Å². The highest BCUT2D eigenvalue weighted by molar-refractivity contribution is 5.50. The van der Waals surface area contributed by atoms with Gasteiger partial charge in [-0.25, -0.2) is 0 Å². The van der Waals surface area contributed by atoms with Gasteiger partial charge in [-0.15, -0.1) is 0 Å². The Morgan fingerprint density at radius 1 is 1.21 bits per heavy atom. The van der Waals surface area contributed by atoms with Crippen LogP contribution in [0.2, 0.25) is 0 Å². The Balaban J connectivity index is 3.34. The molecule has 3 heteroatoms. The molecule has 0 amide bonds. The van der Waals surface area contributed by atoms with Crippen molar-refractivity contribution in [2.45, 2.75) is 33.3 Å². The van der Waals surface area contributed by atoms with E-state index in [9.17, 15) is 0 Å². The number of ether oxygens (including phenoxy) is 1. The van der Waals surface area contributed by atoms with Crippen LogP contribution in [0.25, 0.3) is 0 Å². The van der Waals surface area contributed by atoms with E-state index in [4.69, 9.17) is 15.3 Å². The van der Waals surface area contributed by atoms with Gasteiger partial charge in [-0.05, 0) is 38.8 Å². The van der Waals surface area contributed by atoms with E-state index in [0.717, 1.165) is 11.1 Å². The molecule has 14 heavy (non-hydrogen) atoms. The van der Waals surface area contributed by atoms with Crippen LogP contribution >= 0.6 is 0 Å². The number of rotatable bonds is 0. The minimum absolute atomic E-state index is 0.0485. The molecule has 0 aliphatic carbocycles. The van der Waals surface area contributed by atoms with Crippen LogP contribution in [0, 0.1) is 22.7 Å². The summed E-state index contributed by atoms with van der Waals surface area (Å²) in [6.07, 6.45) is 0. The third-order valence-corrected chi connectivity index (χ3v) is 2.61. The zero-order valence-electron chi connectivity index (χ0n) is 8.80. The summed E-state index contributed by atoms with van der Waals surface area (Å²) < 4.78 is 5.58. The molecule has 0 aromatic carbocycles.